The summed E-state index contributed by atoms with van der Waals surface area (Å²) in [5, 5.41) is 0. The molecule has 0 amide bonds. The molecule has 0 saturated carbocycles. The van der Waals surface area contributed by atoms with Crippen molar-refractivity contribution in [1.29, 1.82) is 0 Å². The highest BCUT2D eigenvalue weighted by Crippen LogP contribution is 2.09. The maximum Gasteiger partial charge on any atom is 0.163 e. The lowest BCUT2D eigenvalue weighted by atomic mass is 10.0. The number of Topliss-reactive ketones (excluding diaryl/α,β-unsaturated/α-hetero) is 1. The first-order valence-electron chi connectivity index (χ1n) is 6.12. The zero-order chi connectivity index (χ0) is 12.1. The summed E-state index contributed by atoms with van der Waals surface area (Å²) in [6, 6.07) is 10.1. The van der Waals surface area contributed by atoms with E-state index in [4.69, 9.17) is 4.74 Å². The molecule has 1 aliphatic rings. The Bertz CT molecular complexity index is 364. The van der Waals surface area contributed by atoms with Crippen LogP contribution in [-0.2, 0) is 16.0 Å². The van der Waals surface area contributed by atoms with Crippen LogP contribution in [0.1, 0.15) is 12.0 Å². The Morgan fingerprint density at radius 2 is 2.18 bits per heavy atom. The second kappa shape index (κ2) is 5.94. The number of carbonyl (C=O) groups is 1. The van der Waals surface area contributed by atoms with Crippen LogP contribution < -0.4 is 0 Å². The van der Waals surface area contributed by atoms with Gasteiger partial charge < -0.3 is 9.64 Å². The van der Waals surface area contributed by atoms with E-state index in [9.17, 15) is 4.79 Å². The Balaban J connectivity index is 1.81. The van der Waals surface area contributed by atoms with Crippen molar-refractivity contribution in [2.75, 3.05) is 26.7 Å². The van der Waals surface area contributed by atoms with E-state index in [1.54, 1.807) is 0 Å². The predicted molar refractivity (Wildman–Crippen MR) is 67.0 cm³/mol. The number of rotatable bonds is 4. The molecule has 1 heterocycles. The molecule has 2 rings (SSSR count). The summed E-state index contributed by atoms with van der Waals surface area (Å²) in [5.41, 5.74) is 1.21. The van der Waals surface area contributed by atoms with Gasteiger partial charge >= 0.3 is 0 Å². The van der Waals surface area contributed by atoms with Crippen molar-refractivity contribution in [1.82, 2.24) is 4.90 Å². The van der Waals surface area contributed by atoms with Crippen LogP contribution in [0.2, 0.25) is 0 Å². The van der Waals surface area contributed by atoms with Crippen LogP contribution in [0.25, 0.3) is 0 Å². The third-order valence-electron chi connectivity index (χ3n) is 3.13. The molecule has 0 aromatic heterocycles. The zero-order valence-electron chi connectivity index (χ0n) is 10.3. The zero-order valence-corrected chi connectivity index (χ0v) is 10.3. The smallest absolute Gasteiger partial charge is 0.163 e. The van der Waals surface area contributed by atoms with Crippen molar-refractivity contribution in [3.05, 3.63) is 35.9 Å². The fourth-order valence-electron chi connectivity index (χ4n) is 2.05. The minimum Gasteiger partial charge on any atom is -0.368 e. The average molecular weight is 233 g/mol. The highest BCUT2D eigenvalue weighted by atomic mass is 16.5. The molecule has 1 saturated heterocycles. The fraction of sp³-hybridized carbons (Fsp3) is 0.500. The normalized spacial score (nSPS) is 21.4. The van der Waals surface area contributed by atoms with Gasteiger partial charge in [0.1, 0.15) is 6.10 Å². The lowest BCUT2D eigenvalue weighted by Crippen LogP contribution is -2.44. The Kier molecular flexibility index (Phi) is 4.29. The monoisotopic (exact) mass is 233 g/mol. The predicted octanol–water partition coefficient (Wildman–Crippen LogP) is 1.52. The molecule has 0 N–H and O–H groups in total. The number of benzene rings is 1. The summed E-state index contributed by atoms with van der Waals surface area (Å²) in [5.74, 6) is 0.223. The van der Waals surface area contributed by atoms with Crippen LogP contribution in [0, 0.1) is 0 Å². The van der Waals surface area contributed by atoms with Gasteiger partial charge in [0.2, 0.25) is 0 Å². The Morgan fingerprint density at radius 1 is 1.41 bits per heavy atom. The van der Waals surface area contributed by atoms with Gasteiger partial charge in [-0.3, -0.25) is 4.79 Å². The van der Waals surface area contributed by atoms with Crippen LogP contribution in [0.4, 0.5) is 0 Å². The van der Waals surface area contributed by atoms with Crippen LogP contribution in [0.3, 0.4) is 0 Å². The lowest BCUT2D eigenvalue weighted by molar-refractivity contribution is -0.135. The molecule has 1 aromatic rings. The van der Waals surface area contributed by atoms with Gasteiger partial charge in [0.15, 0.2) is 5.78 Å². The highest BCUT2D eigenvalue weighted by molar-refractivity contribution is 5.83. The minimum atomic E-state index is -0.225. The van der Waals surface area contributed by atoms with Gasteiger partial charge in [-0.05, 0) is 19.0 Å². The Morgan fingerprint density at radius 3 is 2.88 bits per heavy atom. The summed E-state index contributed by atoms with van der Waals surface area (Å²) >= 11 is 0. The van der Waals surface area contributed by atoms with E-state index in [0.29, 0.717) is 13.0 Å². The van der Waals surface area contributed by atoms with Gasteiger partial charge in [-0.1, -0.05) is 30.3 Å². The first-order valence-corrected chi connectivity index (χ1v) is 6.12. The summed E-state index contributed by atoms with van der Waals surface area (Å²) < 4.78 is 5.51. The van der Waals surface area contributed by atoms with Gasteiger partial charge in [0.25, 0.3) is 0 Å². The van der Waals surface area contributed by atoms with Crippen molar-refractivity contribution in [2.45, 2.75) is 18.9 Å². The van der Waals surface area contributed by atoms with E-state index < -0.39 is 0 Å². The molecule has 1 atom stereocenters. The van der Waals surface area contributed by atoms with Gasteiger partial charge in [0, 0.05) is 19.5 Å². The van der Waals surface area contributed by atoms with Gasteiger partial charge in [-0.25, -0.2) is 0 Å². The van der Waals surface area contributed by atoms with E-state index in [0.717, 1.165) is 19.5 Å². The van der Waals surface area contributed by atoms with Crippen molar-refractivity contribution in [2.24, 2.45) is 0 Å². The molecule has 0 aliphatic carbocycles. The number of hydrogen-bond donors (Lipinski definition) is 0. The molecule has 1 aliphatic heterocycles. The second-order valence-electron chi connectivity index (χ2n) is 4.57. The largest absolute Gasteiger partial charge is 0.368 e. The van der Waals surface area contributed by atoms with Gasteiger partial charge in [-0.2, -0.15) is 0 Å². The number of carbonyl (C=O) groups excluding carboxylic acids is 1. The Labute approximate surface area is 102 Å². The molecule has 0 radical (unpaired) electrons. The van der Waals surface area contributed by atoms with Crippen LogP contribution in [0.5, 0.6) is 0 Å². The summed E-state index contributed by atoms with van der Waals surface area (Å²) in [7, 11) is 2.03. The highest BCUT2D eigenvalue weighted by Gasteiger charge is 2.23. The van der Waals surface area contributed by atoms with E-state index in [1.165, 1.54) is 5.56 Å². The lowest BCUT2D eigenvalue weighted by Gasteiger charge is -2.29. The molecule has 0 bridgehead atoms. The number of morpholine rings is 1. The molecule has 1 aromatic carbocycles. The van der Waals surface area contributed by atoms with Crippen LogP contribution >= 0.6 is 0 Å². The van der Waals surface area contributed by atoms with Crippen molar-refractivity contribution >= 4 is 5.78 Å². The van der Waals surface area contributed by atoms with Gasteiger partial charge in [0.05, 0.1) is 6.61 Å². The SMILES string of the molecule is CN1CCOC(C(=O)CCc2ccccc2)C1. The van der Waals surface area contributed by atoms with E-state index >= 15 is 0 Å². The summed E-state index contributed by atoms with van der Waals surface area (Å²) in [6.07, 6.45) is 1.16. The molecule has 3 heteroatoms. The minimum absolute atomic E-state index is 0.223. The fourth-order valence-corrected chi connectivity index (χ4v) is 2.05. The standard InChI is InChI=1S/C14H19NO2/c1-15-9-10-17-14(11-15)13(16)8-7-12-5-3-2-4-6-12/h2-6,14H,7-11H2,1H3. The number of ether oxygens (including phenoxy) is 1. The molecule has 92 valence electrons. The molecular formula is C14H19NO2. The molecule has 1 unspecified atom stereocenters. The van der Waals surface area contributed by atoms with E-state index in [-0.39, 0.29) is 11.9 Å². The molecule has 3 nitrogen and oxygen atoms in total. The van der Waals surface area contributed by atoms with Gasteiger partial charge in [-0.15, -0.1) is 0 Å². The van der Waals surface area contributed by atoms with Crippen molar-refractivity contribution in [3.63, 3.8) is 0 Å². The number of ketones is 1. The first-order chi connectivity index (χ1) is 8.25. The number of likely N-dealkylation sites (N-methyl/N-ethyl adjacent to an activating group) is 1. The quantitative estimate of drug-likeness (QED) is 0.789. The average Bonchev–Trinajstić information content (AvgIpc) is 2.37. The molecular weight excluding hydrogens is 214 g/mol. The van der Waals surface area contributed by atoms with E-state index in [2.05, 4.69) is 17.0 Å². The van der Waals surface area contributed by atoms with Crippen molar-refractivity contribution < 1.29 is 9.53 Å². The summed E-state index contributed by atoms with van der Waals surface area (Å²) in [4.78, 5) is 14.1. The van der Waals surface area contributed by atoms with Crippen LogP contribution in [0.15, 0.2) is 30.3 Å². The number of nitrogens with zero attached hydrogens (tertiary/aromatic N) is 1. The maximum absolute atomic E-state index is 12.0. The van der Waals surface area contributed by atoms with E-state index in [1.807, 2.05) is 25.2 Å². The third kappa shape index (κ3) is 3.65. The molecule has 0 spiro atoms. The van der Waals surface area contributed by atoms with Crippen LogP contribution in [-0.4, -0.2) is 43.5 Å². The number of aryl methyl sites for hydroxylation is 1. The Hall–Kier alpha value is -1.19. The number of hydrogen-bond acceptors (Lipinski definition) is 3. The first kappa shape index (κ1) is 12.3. The third-order valence-corrected chi connectivity index (χ3v) is 3.13. The van der Waals surface area contributed by atoms with Crippen molar-refractivity contribution in [3.8, 4) is 0 Å². The topological polar surface area (TPSA) is 29.5 Å². The molecule has 1 fully saturated rings. The maximum atomic E-state index is 12.0. The molecule has 17 heavy (non-hydrogen) atoms. The second-order valence-corrected chi connectivity index (χ2v) is 4.57. The summed E-state index contributed by atoms with van der Waals surface area (Å²) in [6.45, 7) is 2.31.